The number of rotatable bonds is 1. The van der Waals surface area contributed by atoms with Crippen LogP contribution in [-0.2, 0) is 16.4 Å². The minimum Gasteiger partial charge on any atom is -0.228 e. The molecule has 0 fully saturated rings. The van der Waals surface area contributed by atoms with Gasteiger partial charge in [-0.15, -0.1) is 0 Å². The lowest BCUT2D eigenvalue weighted by molar-refractivity contribution is 0.168. The summed E-state index contributed by atoms with van der Waals surface area (Å²) in [5, 5.41) is 10.9. The lowest BCUT2D eigenvalue weighted by atomic mass is 10.5. The van der Waals surface area contributed by atoms with Gasteiger partial charge in [0.2, 0.25) is 0 Å². The van der Waals surface area contributed by atoms with E-state index in [1.807, 2.05) is 0 Å². The SMILES string of the molecule is CC([O])C=S=O. The van der Waals surface area contributed by atoms with Crippen molar-refractivity contribution in [1.82, 2.24) is 0 Å². The fourth-order valence-corrected chi connectivity index (χ4v) is 0.235. The maximum absolute atomic E-state index is 9.85. The molecule has 35 valence electrons. The standard InChI is InChI=1S/C3H5O2S/c1-3(4)2-6-5/h2-3H,1H3. The molecular formula is C3H5O2S. The van der Waals surface area contributed by atoms with E-state index in [0.717, 1.165) is 5.37 Å². The van der Waals surface area contributed by atoms with Crippen LogP contribution in [0.5, 0.6) is 0 Å². The van der Waals surface area contributed by atoms with Gasteiger partial charge in [-0.3, -0.25) is 0 Å². The van der Waals surface area contributed by atoms with Crippen LogP contribution in [0.4, 0.5) is 0 Å². The van der Waals surface area contributed by atoms with Crippen molar-refractivity contribution in [3.05, 3.63) is 0 Å². The zero-order valence-electron chi connectivity index (χ0n) is 3.38. The molecule has 0 spiro atoms. The van der Waals surface area contributed by atoms with E-state index in [1.165, 1.54) is 6.92 Å². The van der Waals surface area contributed by atoms with Crippen LogP contribution in [-0.4, -0.2) is 15.7 Å². The Bertz CT molecular complexity index is 72.9. The Morgan fingerprint density at radius 2 is 2.33 bits per heavy atom. The maximum Gasteiger partial charge on any atom is 0.121 e. The first kappa shape index (κ1) is 5.85. The van der Waals surface area contributed by atoms with Crippen LogP contribution in [0.2, 0.25) is 0 Å². The van der Waals surface area contributed by atoms with Gasteiger partial charge in [-0.1, -0.05) is 0 Å². The molecule has 2 nitrogen and oxygen atoms in total. The first-order valence-corrected chi connectivity index (χ1v) is 2.35. The van der Waals surface area contributed by atoms with Gasteiger partial charge in [0.1, 0.15) is 6.10 Å². The molecule has 3 heteroatoms. The highest BCUT2D eigenvalue weighted by Gasteiger charge is 1.83. The molecule has 0 aromatic rings. The third kappa shape index (κ3) is 3.85. The molecule has 0 N–H and O–H groups in total. The molecule has 1 unspecified atom stereocenters. The zero-order chi connectivity index (χ0) is 4.99. The van der Waals surface area contributed by atoms with Crippen LogP contribution in [0.25, 0.3) is 0 Å². The predicted octanol–water partition coefficient (Wildman–Crippen LogP) is -0.179. The van der Waals surface area contributed by atoms with E-state index in [2.05, 4.69) is 0 Å². The van der Waals surface area contributed by atoms with Gasteiger partial charge in [0.15, 0.2) is 0 Å². The van der Waals surface area contributed by atoms with Gasteiger partial charge in [-0.2, -0.15) is 0 Å². The van der Waals surface area contributed by atoms with Crippen molar-refractivity contribution >= 4 is 16.6 Å². The Labute approximate surface area is 39.9 Å². The van der Waals surface area contributed by atoms with Gasteiger partial charge in [0.25, 0.3) is 0 Å². The summed E-state index contributed by atoms with van der Waals surface area (Å²) in [5.74, 6) is 0. The summed E-state index contributed by atoms with van der Waals surface area (Å²) in [4.78, 5) is 0. The van der Waals surface area contributed by atoms with Gasteiger partial charge < -0.3 is 0 Å². The summed E-state index contributed by atoms with van der Waals surface area (Å²) in [6.45, 7) is 1.42. The normalized spacial score (nSPS) is 13.0. The van der Waals surface area contributed by atoms with Crippen molar-refractivity contribution < 1.29 is 9.32 Å². The fourth-order valence-electron chi connectivity index (χ4n) is 0.0782. The molecule has 0 aromatic heterocycles. The van der Waals surface area contributed by atoms with Crippen molar-refractivity contribution in [2.24, 2.45) is 0 Å². The Morgan fingerprint density at radius 3 is 2.33 bits per heavy atom. The van der Waals surface area contributed by atoms with Gasteiger partial charge in [0, 0.05) is 5.37 Å². The summed E-state index contributed by atoms with van der Waals surface area (Å²) >= 11 is 0.222. The van der Waals surface area contributed by atoms with E-state index in [4.69, 9.17) is 0 Å². The zero-order valence-corrected chi connectivity index (χ0v) is 4.20. The Balaban J connectivity index is 3.29. The average Bonchev–Trinajstić information content (AvgIpc) is 1.35. The predicted molar refractivity (Wildman–Crippen MR) is 24.4 cm³/mol. The topological polar surface area (TPSA) is 37.0 Å². The van der Waals surface area contributed by atoms with Crippen LogP contribution in [0.15, 0.2) is 0 Å². The minimum atomic E-state index is -0.826. The molecular weight excluding hydrogens is 100 g/mol. The Hall–Kier alpha value is -0.150. The van der Waals surface area contributed by atoms with Crippen molar-refractivity contribution in [2.75, 3.05) is 0 Å². The Kier molecular flexibility index (Phi) is 2.98. The van der Waals surface area contributed by atoms with E-state index >= 15 is 0 Å². The van der Waals surface area contributed by atoms with Crippen molar-refractivity contribution in [2.45, 2.75) is 13.0 Å². The second-order valence-electron chi connectivity index (χ2n) is 0.937. The molecule has 0 heterocycles. The highest BCUT2D eigenvalue weighted by Crippen LogP contribution is 1.66. The van der Waals surface area contributed by atoms with Crippen molar-refractivity contribution in [3.63, 3.8) is 0 Å². The molecule has 0 rings (SSSR count). The highest BCUT2D eigenvalue weighted by atomic mass is 32.1. The smallest absolute Gasteiger partial charge is 0.121 e. The fraction of sp³-hybridized carbons (Fsp3) is 0.667. The molecule has 0 bridgehead atoms. The second kappa shape index (κ2) is 3.06. The molecule has 0 saturated heterocycles. The number of hydrogen-bond donors (Lipinski definition) is 0. The van der Waals surface area contributed by atoms with Crippen LogP contribution in [0, 0.1) is 0 Å². The largest absolute Gasteiger partial charge is 0.228 e. The summed E-state index contributed by atoms with van der Waals surface area (Å²) < 4.78 is 9.40. The molecule has 0 aliphatic rings. The molecule has 1 radical (unpaired) electrons. The van der Waals surface area contributed by atoms with Gasteiger partial charge in [-0.25, -0.2) is 9.32 Å². The molecule has 0 amide bonds. The molecule has 0 aliphatic carbocycles. The maximum atomic E-state index is 9.85. The van der Waals surface area contributed by atoms with Gasteiger partial charge in [-0.05, 0) is 6.92 Å². The summed E-state index contributed by atoms with van der Waals surface area (Å²) in [7, 11) is 0. The molecule has 0 aromatic carbocycles. The van der Waals surface area contributed by atoms with Gasteiger partial charge >= 0.3 is 0 Å². The summed E-state index contributed by atoms with van der Waals surface area (Å²) in [6, 6.07) is 0. The Morgan fingerprint density at radius 1 is 1.83 bits per heavy atom. The van der Waals surface area contributed by atoms with Crippen LogP contribution in [0.1, 0.15) is 6.92 Å². The van der Waals surface area contributed by atoms with E-state index in [0.29, 0.717) is 0 Å². The van der Waals surface area contributed by atoms with Crippen LogP contribution in [0.3, 0.4) is 0 Å². The van der Waals surface area contributed by atoms with E-state index in [9.17, 15) is 9.32 Å². The number of hydrogen-bond acceptors (Lipinski definition) is 1. The lowest BCUT2D eigenvalue weighted by Crippen LogP contribution is -1.95. The third-order valence-electron chi connectivity index (χ3n) is 0.247. The molecule has 0 saturated carbocycles. The van der Waals surface area contributed by atoms with Crippen LogP contribution < -0.4 is 0 Å². The summed E-state index contributed by atoms with van der Waals surface area (Å²) in [6.07, 6.45) is -0.826. The molecule has 0 aliphatic heterocycles. The lowest BCUT2D eigenvalue weighted by Gasteiger charge is -1.77. The van der Waals surface area contributed by atoms with Crippen molar-refractivity contribution in [3.8, 4) is 0 Å². The minimum absolute atomic E-state index is 0.222. The molecule has 6 heavy (non-hydrogen) atoms. The monoisotopic (exact) mass is 105 g/mol. The molecule has 1 atom stereocenters. The third-order valence-corrected chi connectivity index (χ3v) is 0.742. The van der Waals surface area contributed by atoms with E-state index < -0.39 is 6.10 Å². The quantitative estimate of drug-likeness (QED) is 0.426. The van der Waals surface area contributed by atoms with E-state index in [1.54, 1.807) is 0 Å². The first-order chi connectivity index (χ1) is 2.77. The highest BCUT2D eigenvalue weighted by molar-refractivity contribution is 7.64. The van der Waals surface area contributed by atoms with Crippen molar-refractivity contribution in [1.29, 1.82) is 0 Å². The second-order valence-corrected chi connectivity index (χ2v) is 1.40. The first-order valence-electron chi connectivity index (χ1n) is 1.55. The average molecular weight is 105 g/mol. The van der Waals surface area contributed by atoms with E-state index in [-0.39, 0.29) is 11.3 Å². The van der Waals surface area contributed by atoms with Gasteiger partial charge in [0.05, 0.1) is 11.3 Å². The summed E-state index contributed by atoms with van der Waals surface area (Å²) in [5.41, 5.74) is 0. The van der Waals surface area contributed by atoms with Crippen LogP contribution >= 0.6 is 0 Å².